The van der Waals surface area contributed by atoms with Crippen molar-refractivity contribution in [3.8, 4) is 11.1 Å². The Kier molecular flexibility index (Phi) is 2.88. The van der Waals surface area contributed by atoms with E-state index < -0.39 is 0 Å². The minimum Gasteiger partial charge on any atom is -0.0616 e. The molecule has 0 aliphatic heterocycles. The Morgan fingerprint density at radius 3 is 1.86 bits per heavy atom. The van der Waals surface area contributed by atoms with Gasteiger partial charge in [-0.1, -0.05) is 97.1 Å². The maximum Gasteiger partial charge on any atom is -0.000682 e. The zero-order valence-corrected chi connectivity index (χ0v) is 15.9. The molecule has 0 amide bonds. The Balaban J connectivity index is 1.82. The lowest BCUT2D eigenvalue weighted by molar-refractivity contribution is 1.29. The smallest absolute Gasteiger partial charge is 0.000682 e. The van der Waals surface area contributed by atoms with Crippen molar-refractivity contribution in [2.24, 2.45) is 0 Å². The number of hydrogen-bond donors (Lipinski definition) is 0. The first kappa shape index (κ1) is 15.3. The highest BCUT2D eigenvalue weighted by atomic mass is 14.3. The fraction of sp³-hybridized carbons (Fsp3) is 0.0345. The molecule has 7 rings (SSSR count). The molecule has 0 heterocycles. The van der Waals surface area contributed by atoms with E-state index in [2.05, 4.69) is 97.1 Å². The van der Waals surface area contributed by atoms with Gasteiger partial charge >= 0.3 is 0 Å². The summed E-state index contributed by atoms with van der Waals surface area (Å²) < 4.78 is 0. The van der Waals surface area contributed by atoms with Gasteiger partial charge in [0.2, 0.25) is 0 Å². The normalized spacial score (nSPS) is 12.7. The second kappa shape index (κ2) is 5.46. The van der Waals surface area contributed by atoms with Crippen molar-refractivity contribution in [1.82, 2.24) is 0 Å². The molecule has 0 saturated heterocycles. The number of rotatable bonds is 0. The fourth-order valence-corrected chi connectivity index (χ4v) is 5.44. The second-order valence-corrected chi connectivity index (χ2v) is 8.11. The number of fused-ring (bicyclic) bond motifs is 12. The third-order valence-corrected chi connectivity index (χ3v) is 6.66. The molecule has 0 atom stereocenters. The van der Waals surface area contributed by atoms with E-state index in [0.717, 1.165) is 6.42 Å². The van der Waals surface area contributed by atoms with E-state index >= 15 is 0 Å². The maximum absolute atomic E-state index is 2.34. The summed E-state index contributed by atoms with van der Waals surface area (Å²) in [5.41, 5.74) is 5.81. The average molecular weight is 366 g/mol. The van der Waals surface area contributed by atoms with Crippen LogP contribution in [-0.2, 0) is 6.42 Å². The van der Waals surface area contributed by atoms with Crippen LogP contribution in [0.25, 0.3) is 54.2 Å². The quantitative estimate of drug-likeness (QED) is 0.240. The highest BCUT2D eigenvalue weighted by Crippen LogP contribution is 2.50. The Bertz CT molecular complexity index is 1620. The summed E-state index contributed by atoms with van der Waals surface area (Å²) in [5, 5.41) is 10.9. The van der Waals surface area contributed by atoms with Crippen LogP contribution in [0.15, 0.2) is 97.1 Å². The van der Waals surface area contributed by atoms with E-state index in [0.29, 0.717) is 0 Å². The van der Waals surface area contributed by atoms with E-state index in [9.17, 15) is 0 Å². The minimum atomic E-state index is 1.01. The number of hydrogen-bond acceptors (Lipinski definition) is 0. The van der Waals surface area contributed by atoms with Crippen molar-refractivity contribution < 1.29 is 0 Å². The van der Waals surface area contributed by atoms with Crippen molar-refractivity contribution in [2.45, 2.75) is 6.42 Å². The average Bonchev–Trinajstić information content (AvgIpc) is 3.19. The van der Waals surface area contributed by atoms with Gasteiger partial charge in [0, 0.05) is 0 Å². The molecule has 0 heteroatoms. The minimum absolute atomic E-state index is 1.01. The highest BCUT2D eigenvalue weighted by molar-refractivity contribution is 6.27. The van der Waals surface area contributed by atoms with Gasteiger partial charge in [-0.3, -0.25) is 0 Å². The van der Waals surface area contributed by atoms with Gasteiger partial charge in [-0.15, -0.1) is 0 Å². The van der Waals surface area contributed by atoms with Gasteiger partial charge in [0.25, 0.3) is 0 Å². The van der Waals surface area contributed by atoms with Crippen LogP contribution in [0.2, 0.25) is 0 Å². The largest absolute Gasteiger partial charge is 0.0616 e. The van der Waals surface area contributed by atoms with Gasteiger partial charge in [-0.05, 0) is 71.8 Å². The first-order valence-electron chi connectivity index (χ1n) is 10.3. The van der Waals surface area contributed by atoms with Crippen molar-refractivity contribution in [3.05, 3.63) is 108 Å². The van der Waals surface area contributed by atoms with Crippen molar-refractivity contribution >= 4 is 43.1 Å². The summed E-state index contributed by atoms with van der Waals surface area (Å²) in [7, 11) is 0. The summed E-state index contributed by atoms with van der Waals surface area (Å²) in [5.74, 6) is 0. The Labute approximate surface area is 169 Å². The number of benzene rings is 6. The van der Waals surface area contributed by atoms with Gasteiger partial charge in [0.05, 0.1) is 0 Å². The summed E-state index contributed by atoms with van der Waals surface area (Å²) >= 11 is 0. The molecule has 6 aromatic carbocycles. The standard InChI is InChI=1S/C29H18/c1-3-9-21-18(7-1)13-14-20-17-26-24-12-6-5-11-23(24)25-16-15-19-8-2-4-10-22(19)28(25)29(26)27(20)21/h1-16H,17H2. The van der Waals surface area contributed by atoms with Crippen LogP contribution in [0.3, 0.4) is 0 Å². The molecule has 0 aromatic heterocycles. The topological polar surface area (TPSA) is 0 Å². The van der Waals surface area contributed by atoms with E-state index in [1.807, 2.05) is 0 Å². The van der Waals surface area contributed by atoms with Crippen LogP contribution < -0.4 is 0 Å². The molecule has 0 unspecified atom stereocenters. The molecule has 0 bridgehead atoms. The van der Waals surface area contributed by atoms with Gasteiger partial charge in [0.15, 0.2) is 0 Å². The van der Waals surface area contributed by atoms with Crippen LogP contribution in [0.4, 0.5) is 0 Å². The molecule has 29 heavy (non-hydrogen) atoms. The van der Waals surface area contributed by atoms with Gasteiger partial charge < -0.3 is 0 Å². The highest BCUT2D eigenvalue weighted by Gasteiger charge is 2.26. The maximum atomic E-state index is 2.34. The van der Waals surface area contributed by atoms with Gasteiger partial charge in [-0.2, -0.15) is 0 Å². The van der Waals surface area contributed by atoms with E-state index in [1.165, 1.54) is 65.3 Å². The van der Waals surface area contributed by atoms with E-state index in [4.69, 9.17) is 0 Å². The first-order valence-corrected chi connectivity index (χ1v) is 10.3. The first-order chi connectivity index (χ1) is 14.4. The molecule has 1 aliphatic carbocycles. The van der Waals surface area contributed by atoms with Crippen LogP contribution in [0.1, 0.15) is 11.1 Å². The van der Waals surface area contributed by atoms with E-state index in [1.54, 1.807) is 0 Å². The Morgan fingerprint density at radius 2 is 1.03 bits per heavy atom. The SMILES string of the molecule is c1ccc2c3c(ccc2c1)Cc1c-3c2c3ccccc3ccc2c2ccccc12. The molecular weight excluding hydrogens is 348 g/mol. The van der Waals surface area contributed by atoms with Crippen molar-refractivity contribution in [2.75, 3.05) is 0 Å². The molecule has 0 N–H and O–H groups in total. The van der Waals surface area contributed by atoms with Crippen LogP contribution in [0.5, 0.6) is 0 Å². The van der Waals surface area contributed by atoms with Crippen LogP contribution in [0, 0.1) is 0 Å². The zero-order valence-electron chi connectivity index (χ0n) is 15.9. The molecule has 0 fully saturated rings. The fourth-order valence-electron chi connectivity index (χ4n) is 5.44. The van der Waals surface area contributed by atoms with E-state index in [-0.39, 0.29) is 0 Å². The summed E-state index contributed by atoms with van der Waals surface area (Å²) in [6, 6.07) is 35.8. The lowest BCUT2D eigenvalue weighted by atomic mass is 9.87. The lowest BCUT2D eigenvalue weighted by Crippen LogP contribution is -1.89. The Morgan fingerprint density at radius 1 is 0.414 bits per heavy atom. The molecule has 134 valence electrons. The monoisotopic (exact) mass is 366 g/mol. The second-order valence-electron chi connectivity index (χ2n) is 8.11. The third-order valence-electron chi connectivity index (χ3n) is 6.66. The molecule has 0 nitrogen and oxygen atoms in total. The molecule has 1 aliphatic rings. The van der Waals surface area contributed by atoms with Crippen LogP contribution >= 0.6 is 0 Å². The van der Waals surface area contributed by atoms with Crippen LogP contribution in [-0.4, -0.2) is 0 Å². The third kappa shape index (κ3) is 1.93. The van der Waals surface area contributed by atoms with Crippen molar-refractivity contribution in [1.29, 1.82) is 0 Å². The summed E-state index contributed by atoms with van der Waals surface area (Å²) in [6.07, 6.45) is 1.01. The van der Waals surface area contributed by atoms with Gasteiger partial charge in [-0.25, -0.2) is 0 Å². The Hall–Kier alpha value is -3.64. The van der Waals surface area contributed by atoms with Crippen molar-refractivity contribution in [3.63, 3.8) is 0 Å². The molecule has 0 radical (unpaired) electrons. The molecule has 0 saturated carbocycles. The van der Waals surface area contributed by atoms with Gasteiger partial charge in [0.1, 0.15) is 0 Å². The molecule has 6 aromatic rings. The molecule has 0 spiro atoms. The molecular formula is C29H18. The lowest BCUT2D eigenvalue weighted by Gasteiger charge is -2.15. The summed E-state index contributed by atoms with van der Waals surface area (Å²) in [6.45, 7) is 0. The predicted molar refractivity (Wildman–Crippen MR) is 125 cm³/mol. The zero-order chi connectivity index (χ0) is 18.9. The summed E-state index contributed by atoms with van der Waals surface area (Å²) in [4.78, 5) is 0. The predicted octanol–water partition coefficient (Wildman–Crippen LogP) is 7.87.